The normalized spacial score (nSPS) is 19.2. The number of anilines is 1. The number of nitrogens with zero attached hydrogens (tertiary/aromatic N) is 3. The Morgan fingerprint density at radius 1 is 1.07 bits per heavy atom. The van der Waals surface area contributed by atoms with Crippen LogP contribution in [0.15, 0.2) is 35.1 Å². The molecule has 0 atom stereocenters. The molecule has 1 aliphatic carbocycles. The van der Waals surface area contributed by atoms with Crippen LogP contribution >= 0.6 is 0 Å². The first kappa shape index (κ1) is 17.8. The second kappa shape index (κ2) is 7.98. The first-order valence-electron chi connectivity index (χ1n) is 9.89. The summed E-state index contributed by atoms with van der Waals surface area (Å²) in [5.41, 5.74) is 0. The SMILES string of the molecule is O=C(Nc1ccnn1C1CCCCC1)C1CCN(C(=O)c2ccco2)CC1. The molecule has 0 radical (unpaired) electrons. The minimum Gasteiger partial charge on any atom is -0.459 e. The van der Waals surface area contributed by atoms with Crippen LogP contribution in [0.5, 0.6) is 0 Å². The number of aromatic nitrogens is 2. The van der Waals surface area contributed by atoms with Crippen LogP contribution in [0.3, 0.4) is 0 Å². The van der Waals surface area contributed by atoms with E-state index in [-0.39, 0.29) is 17.7 Å². The molecule has 144 valence electrons. The molecule has 4 rings (SSSR count). The number of rotatable bonds is 4. The highest BCUT2D eigenvalue weighted by Gasteiger charge is 2.29. The van der Waals surface area contributed by atoms with E-state index in [4.69, 9.17) is 4.42 Å². The Bertz CT molecular complexity index is 769. The number of hydrogen-bond acceptors (Lipinski definition) is 4. The molecular formula is C20H26N4O3. The summed E-state index contributed by atoms with van der Waals surface area (Å²) in [5.74, 6) is 0.988. The maximum Gasteiger partial charge on any atom is 0.289 e. The zero-order chi connectivity index (χ0) is 18.6. The first-order valence-corrected chi connectivity index (χ1v) is 9.89. The first-order chi connectivity index (χ1) is 13.2. The second-order valence-corrected chi connectivity index (χ2v) is 7.49. The Balaban J connectivity index is 1.32. The van der Waals surface area contributed by atoms with Crippen LogP contribution in [-0.2, 0) is 4.79 Å². The predicted octanol–water partition coefficient (Wildman–Crippen LogP) is 3.47. The molecule has 7 nitrogen and oxygen atoms in total. The van der Waals surface area contributed by atoms with Crippen molar-refractivity contribution in [3.63, 3.8) is 0 Å². The monoisotopic (exact) mass is 370 g/mol. The fourth-order valence-corrected chi connectivity index (χ4v) is 4.16. The number of hydrogen-bond donors (Lipinski definition) is 1. The Morgan fingerprint density at radius 3 is 2.56 bits per heavy atom. The summed E-state index contributed by atoms with van der Waals surface area (Å²) < 4.78 is 7.16. The van der Waals surface area contributed by atoms with Crippen LogP contribution in [0.25, 0.3) is 0 Å². The van der Waals surface area contributed by atoms with E-state index >= 15 is 0 Å². The highest BCUT2D eigenvalue weighted by molar-refractivity contribution is 5.93. The van der Waals surface area contributed by atoms with Gasteiger partial charge in [0.2, 0.25) is 5.91 Å². The van der Waals surface area contributed by atoms with Crippen molar-refractivity contribution < 1.29 is 14.0 Å². The average Bonchev–Trinajstić information content (AvgIpc) is 3.40. The third-order valence-electron chi connectivity index (χ3n) is 5.73. The predicted molar refractivity (Wildman–Crippen MR) is 100 cm³/mol. The van der Waals surface area contributed by atoms with Gasteiger partial charge in [-0.2, -0.15) is 5.10 Å². The van der Waals surface area contributed by atoms with E-state index in [2.05, 4.69) is 10.4 Å². The fourth-order valence-electron chi connectivity index (χ4n) is 4.16. The molecule has 3 heterocycles. The summed E-state index contributed by atoms with van der Waals surface area (Å²) in [6, 6.07) is 5.65. The van der Waals surface area contributed by atoms with Crippen molar-refractivity contribution in [2.45, 2.75) is 51.0 Å². The number of likely N-dealkylation sites (tertiary alicyclic amines) is 1. The van der Waals surface area contributed by atoms with E-state index in [0.717, 1.165) is 18.7 Å². The van der Waals surface area contributed by atoms with Crippen LogP contribution in [0.4, 0.5) is 5.82 Å². The van der Waals surface area contributed by atoms with Crippen molar-refractivity contribution in [3.05, 3.63) is 36.4 Å². The van der Waals surface area contributed by atoms with Gasteiger partial charge in [-0.1, -0.05) is 19.3 Å². The molecule has 0 aromatic carbocycles. The van der Waals surface area contributed by atoms with Gasteiger partial charge in [-0.05, 0) is 37.8 Å². The quantitative estimate of drug-likeness (QED) is 0.893. The fraction of sp³-hybridized carbons (Fsp3) is 0.550. The number of carbonyl (C=O) groups is 2. The number of carbonyl (C=O) groups excluding carboxylic acids is 2. The summed E-state index contributed by atoms with van der Waals surface area (Å²) in [4.78, 5) is 26.8. The Morgan fingerprint density at radius 2 is 1.85 bits per heavy atom. The molecule has 2 amide bonds. The van der Waals surface area contributed by atoms with Crippen LogP contribution in [-0.4, -0.2) is 39.6 Å². The molecule has 7 heteroatoms. The summed E-state index contributed by atoms with van der Waals surface area (Å²) in [6.45, 7) is 1.14. The number of amides is 2. The summed E-state index contributed by atoms with van der Waals surface area (Å²) in [6.07, 6.45) is 10.6. The smallest absolute Gasteiger partial charge is 0.289 e. The van der Waals surface area contributed by atoms with Crippen LogP contribution in [0, 0.1) is 5.92 Å². The largest absolute Gasteiger partial charge is 0.459 e. The van der Waals surface area contributed by atoms with Gasteiger partial charge in [0.15, 0.2) is 5.76 Å². The average molecular weight is 370 g/mol. The molecule has 2 aromatic heterocycles. The van der Waals surface area contributed by atoms with Crippen molar-refractivity contribution in [2.75, 3.05) is 18.4 Å². The summed E-state index contributed by atoms with van der Waals surface area (Å²) in [7, 11) is 0. The minimum absolute atomic E-state index is 0.0256. The van der Waals surface area contributed by atoms with Crippen molar-refractivity contribution in [3.8, 4) is 0 Å². The van der Waals surface area contributed by atoms with E-state index in [0.29, 0.717) is 37.7 Å². The van der Waals surface area contributed by atoms with E-state index < -0.39 is 0 Å². The van der Waals surface area contributed by atoms with Crippen molar-refractivity contribution in [1.82, 2.24) is 14.7 Å². The second-order valence-electron chi connectivity index (χ2n) is 7.49. The lowest BCUT2D eigenvalue weighted by atomic mass is 9.95. The molecule has 1 saturated carbocycles. The lowest BCUT2D eigenvalue weighted by Crippen LogP contribution is -2.41. The lowest BCUT2D eigenvalue weighted by Gasteiger charge is -2.31. The van der Waals surface area contributed by atoms with Crippen molar-refractivity contribution in [2.24, 2.45) is 5.92 Å². The van der Waals surface area contributed by atoms with Gasteiger partial charge in [0.25, 0.3) is 5.91 Å². The van der Waals surface area contributed by atoms with Gasteiger partial charge >= 0.3 is 0 Å². The van der Waals surface area contributed by atoms with Crippen LogP contribution in [0.2, 0.25) is 0 Å². The molecule has 0 spiro atoms. The number of piperidine rings is 1. The van der Waals surface area contributed by atoms with Crippen molar-refractivity contribution >= 4 is 17.6 Å². The Labute approximate surface area is 158 Å². The molecule has 2 aromatic rings. The number of nitrogens with one attached hydrogen (secondary N) is 1. The van der Waals surface area contributed by atoms with Gasteiger partial charge in [-0.3, -0.25) is 9.59 Å². The van der Waals surface area contributed by atoms with Crippen LogP contribution in [0.1, 0.15) is 61.5 Å². The van der Waals surface area contributed by atoms with Crippen molar-refractivity contribution in [1.29, 1.82) is 0 Å². The highest BCUT2D eigenvalue weighted by Crippen LogP contribution is 2.30. The molecule has 27 heavy (non-hydrogen) atoms. The maximum atomic E-state index is 12.7. The van der Waals surface area contributed by atoms with Gasteiger partial charge in [-0.15, -0.1) is 0 Å². The van der Waals surface area contributed by atoms with Crippen LogP contribution < -0.4 is 5.32 Å². The maximum absolute atomic E-state index is 12.7. The zero-order valence-electron chi connectivity index (χ0n) is 15.5. The standard InChI is InChI=1S/C20H26N4O3/c25-19(22-18-8-11-21-24(18)16-5-2-1-3-6-16)15-9-12-23(13-10-15)20(26)17-7-4-14-27-17/h4,7-8,11,14-16H,1-3,5-6,9-10,12-13H2,(H,22,25). The zero-order valence-corrected chi connectivity index (χ0v) is 15.5. The molecule has 1 N–H and O–H groups in total. The summed E-state index contributed by atoms with van der Waals surface area (Å²) >= 11 is 0. The molecule has 1 saturated heterocycles. The third kappa shape index (κ3) is 3.91. The summed E-state index contributed by atoms with van der Waals surface area (Å²) in [5, 5.41) is 7.51. The van der Waals surface area contributed by atoms with E-state index in [1.807, 2.05) is 10.7 Å². The molecule has 0 unspecified atom stereocenters. The van der Waals surface area contributed by atoms with Gasteiger partial charge in [0.1, 0.15) is 5.82 Å². The number of furan rings is 1. The van der Waals surface area contributed by atoms with Gasteiger partial charge < -0.3 is 14.6 Å². The topological polar surface area (TPSA) is 80.4 Å². The Kier molecular flexibility index (Phi) is 5.27. The minimum atomic E-state index is -0.103. The third-order valence-corrected chi connectivity index (χ3v) is 5.73. The van der Waals surface area contributed by atoms with Gasteiger partial charge in [0, 0.05) is 25.1 Å². The molecule has 2 aliphatic rings. The highest BCUT2D eigenvalue weighted by atomic mass is 16.3. The van der Waals surface area contributed by atoms with E-state index in [1.165, 1.54) is 25.5 Å². The molecular weight excluding hydrogens is 344 g/mol. The molecule has 0 bridgehead atoms. The Hall–Kier alpha value is -2.57. The molecule has 2 fully saturated rings. The van der Waals surface area contributed by atoms with E-state index in [9.17, 15) is 9.59 Å². The molecule has 1 aliphatic heterocycles. The van der Waals surface area contributed by atoms with E-state index in [1.54, 1.807) is 23.2 Å². The van der Waals surface area contributed by atoms with Gasteiger partial charge in [0.05, 0.1) is 18.5 Å². The lowest BCUT2D eigenvalue weighted by molar-refractivity contribution is -0.121. The van der Waals surface area contributed by atoms with Gasteiger partial charge in [-0.25, -0.2) is 4.68 Å².